The number of carboxylic acids is 1. The van der Waals surface area contributed by atoms with Gasteiger partial charge in [-0.1, -0.05) is 12.1 Å². The molecular formula is C8H5FNO4-. The summed E-state index contributed by atoms with van der Waals surface area (Å²) in [6, 6.07) is 3.29. The van der Waals surface area contributed by atoms with Gasteiger partial charge >= 0.3 is 5.69 Å². The van der Waals surface area contributed by atoms with Crippen LogP contribution in [0.2, 0.25) is 0 Å². The molecule has 6 heteroatoms. The fourth-order valence-corrected chi connectivity index (χ4v) is 1.06. The van der Waals surface area contributed by atoms with Crippen molar-refractivity contribution in [3.8, 4) is 0 Å². The number of rotatable bonds is 3. The quantitative estimate of drug-likeness (QED) is 0.506. The molecule has 14 heavy (non-hydrogen) atoms. The summed E-state index contributed by atoms with van der Waals surface area (Å²) in [5, 5.41) is 20.6. The molecule has 74 valence electrons. The summed E-state index contributed by atoms with van der Waals surface area (Å²) in [7, 11) is 0. The Bertz CT molecular complexity index is 391. The maximum atomic E-state index is 12.9. The number of nitro groups is 1. The van der Waals surface area contributed by atoms with Crippen LogP contribution in [0.4, 0.5) is 10.1 Å². The van der Waals surface area contributed by atoms with Gasteiger partial charge in [-0.05, 0) is 6.07 Å². The van der Waals surface area contributed by atoms with Crippen molar-refractivity contribution in [1.29, 1.82) is 0 Å². The molecule has 0 aromatic heterocycles. The number of nitrogens with zero attached hydrogens (tertiary/aromatic N) is 1. The van der Waals surface area contributed by atoms with E-state index in [-0.39, 0.29) is 5.56 Å². The van der Waals surface area contributed by atoms with Gasteiger partial charge in [0, 0.05) is 18.0 Å². The summed E-state index contributed by atoms with van der Waals surface area (Å²) in [4.78, 5) is 19.6. The molecule has 0 saturated heterocycles. The average molecular weight is 198 g/mol. The van der Waals surface area contributed by atoms with Gasteiger partial charge in [-0.15, -0.1) is 0 Å². The standard InChI is InChI=1S/C8H6FNO4/c9-6-3-1-2-5(4-7(11)12)8(6)10(13)14/h1-3H,4H2,(H,11,12)/p-1. The molecule has 0 heterocycles. The Balaban J connectivity index is 3.21. The summed E-state index contributed by atoms with van der Waals surface area (Å²) in [6.07, 6.45) is -0.673. The minimum Gasteiger partial charge on any atom is -0.550 e. The molecular weight excluding hydrogens is 193 g/mol. The first-order chi connectivity index (χ1) is 6.52. The highest BCUT2D eigenvalue weighted by molar-refractivity contribution is 5.70. The van der Waals surface area contributed by atoms with E-state index in [1.54, 1.807) is 0 Å². The zero-order chi connectivity index (χ0) is 10.7. The summed E-state index contributed by atoms with van der Waals surface area (Å²) in [5.41, 5.74) is -1.01. The molecule has 0 aliphatic heterocycles. The number of aliphatic carboxylic acids is 1. The number of hydrogen-bond acceptors (Lipinski definition) is 4. The molecule has 0 saturated carbocycles. The summed E-state index contributed by atoms with van der Waals surface area (Å²) < 4.78 is 12.9. The van der Waals surface area contributed by atoms with E-state index in [9.17, 15) is 24.4 Å². The van der Waals surface area contributed by atoms with Crippen LogP contribution in [0.1, 0.15) is 5.56 Å². The second-order valence-corrected chi connectivity index (χ2v) is 2.55. The van der Waals surface area contributed by atoms with Gasteiger partial charge in [0.15, 0.2) is 0 Å². The van der Waals surface area contributed by atoms with E-state index in [0.717, 1.165) is 6.07 Å². The van der Waals surface area contributed by atoms with Crippen molar-refractivity contribution in [2.75, 3.05) is 0 Å². The van der Waals surface area contributed by atoms with Crippen molar-refractivity contribution in [3.63, 3.8) is 0 Å². The van der Waals surface area contributed by atoms with Crippen LogP contribution in [0.5, 0.6) is 0 Å². The Kier molecular flexibility index (Phi) is 2.76. The smallest absolute Gasteiger partial charge is 0.308 e. The van der Waals surface area contributed by atoms with Gasteiger partial charge in [-0.3, -0.25) is 10.1 Å². The molecule has 0 aliphatic rings. The molecule has 0 spiro atoms. The second-order valence-electron chi connectivity index (χ2n) is 2.55. The topological polar surface area (TPSA) is 83.3 Å². The number of para-hydroxylation sites is 1. The number of carbonyl (C=O) groups is 1. The maximum Gasteiger partial charge on any atom is 0.308 e. The molecule has 1 aromatic carbocycles. The molecule has 0 radical (unpaired) electrons. The Morgan fingerprint density at radius 1 is 1.50 bits per heavy atom. The molecule has 5 nitrogen and oxygen atoms in total. The molecule has 0 aliphatic carbocycles. The van der Waals surface area contributed by atoms with Crippen LogP contribution in [-0.4, -0.2) is 10.9 Å². The highest BCUT2D eigenvalue weighted by Crippen LogP contribution is 2.22. The van der Waals surface area contributed by atoms with Gasteiger partial charge in [0.25, 0.3) is 0 Å². The number of carbonyl (C=O) groups excluding carboxylic acids is 1. The average Bonchev–Trinajstić information content (AvgIpc) is 2.01. The molecule has 0 bridgehead atoms. The molecule has 0 unspecified atom stereocenters. The molecule has 1 rings (SSSR count). The number of hydrogen-bond donors (Lipinski definition) is 0. The monoisotopic (exact) mass is 198 g/mol. The van der Waals surface area contributed by atoms with Crippen molar-refractivity contribution in [1.82, 2.24) is 0 Å². The lowest BCUT2D eigenvalue weighted by Crippen LogP contribution is -2.24. The predicted molar refractivity (Wildman–Crippen MR) is 41.8 cm³/mol. The number of benzene rings is 1. The zero-order valence-corrected chi connectivity index (χ0v) is 6.90. The first-order valence-electron chi connectivity index (χ1n) is 3.64. The van der Waals surface area contributed by atoms with Gasteiger partial charge in [-0.2, -0.15) is 4.39 Å². The van der Waals surface area contributed by atoms with Crippen LogP contribution in [0.3, 0.4) is 0 Å². The van der Waals surface area contributed by atoms with E-state index < -0.39 is 28.8 Å². The largest absolute Gasteiger partial charge is 0.550 e. The van der Waals surface area contributed by atoms with Crippen LogP contribution in [-0.2, 0) is 11.2 Å². The van der Waals surface area contributed by atoms with E-state index in [0.29, 0.717) is 0 Å². The minimum absolute atomic E-state index is 0.199. The van der Waals surface area contributed by atoms with Gasteiger partial charge in [0.1, 0.15) is 0 Å². The third kappa shape index (κ3) is 2.03. The van der Waals surface area contributed by atoms with E-state index in [1.807, 2.05) is 0 Å². The highest BCUT2D eigenvalue weighted by atomic mass is 19.1. The predicted octanol–water partition coefficient (Wildman–Crippen LogP) is 0.0263. The van der Waals surface area contributed by atoms with Crippen molar-refractivity contribution >= 4 is 11.7 Å². The fourth-order valence-electron chi connectivity index (χ4n) is 1.06. The van der Waals surface area contributed by atoms with E-state index in [1.165, 1.54) is 12.1 Å². The molecule has 0 N–H and O–H groups in total. The lowest BCUT2D eigenvalue weighted by Gasteiger charge is -2.03. The second kappa shape index (κ2) is 3.82. The number of nitro benzene ring substituents is 1. The van der Waals surface area contributed by atoms with E-state index in [2.05, 4.69) is 0 Å². The third-order valence-electron chi connectivity index (χ3n) is 1.59. The van der Waals surface area contributed by atoms with Crippen LogP contribution in [0, 0.1) is 15.9 Å². The summed E-state index contributed by atoms with van der Waals surface area (Å²) in [5.74, 6) is -2.53. The third-order valence-corrected chi connectivity index (χ3v) is 1.59. The van der Waals surface area contributed by atoms with Crippen LogP contribution in [0.25, 0.3) is 0 Å². The Hall–Kier alpha value is -1.98. The van der Waals surface area contributed by atoms with Crippen LogP contribution >= 0.6 is 0 Å². The van der Waals surface area contributed by atoms with Gasteiger partial charge in [0.2, 0.25) is 5.82 Å². The van der Waals surface area contributed by atoms with Gasteiger partial charge in [0.05, 0.1) is 4.92 Å². The molecule has 0 amide bonds. The van der Waals surface area contributed by atoms with E-state index in [4.69, 9.17) is 0 Å². The van der Waals surface area contributed by atoms with Crippen molar-refractivity contribution in [2.45, 2.75) is 6.42 Å². The van der Waals surface area contributed by atoms with Crippen molar-refractivity contribution in [2.24, 2.45) is 0 Å². The maximum absolute atomic E-state index is 12.9. The summed E-state index contributed by atoms with van der Waals surface area (Å²) >= 11 is 0. The molecule has 0 atom stereocenters. The number of halogens is 1. The normalized spacial score (nSPS) is 9.79. The fraction of sp³-hybridized carbons (Fsp3) is 0.125. The van der Waals surface area contributed by atoms with Crippen LogP contribution in [0.15, 0.2) is 18.2 Å². The molecule has 1 aromatic rings. The zero-order valence-electron chi connectivity index (χ0n) is 6.90. The Labute approximate surface area is 77.9 Å². The van der Waals surface area contributed by atoms with Crippen LogP contribution < -0.4 is 5.11 Å². The number of carboxylic acid groups (broad SMARTS) is 1. The lowest BCUT2D eigenvalue weighted by atomic mass is 10.1. The lowest BCUT2D eigenvalue weighted by molar-refractivity contribution is -0.388. The first kappa shape index (κ1) is 10.1. The SMILES string of the molecule is O=C([O-])Cc1cccc(F)c1[N+](=O)[O-]. The minimum atomic E-state index is -1.49. The Morgan fingerprint density at radius 2 is 2.14 bits per heavy atom. The van der Waals surface area contributed by atoms with E-state index >= 15 is 0 Å². The Morgan fingerprint density at radius 3 is 2.64 bits per heavy atom. The molecule has 0 fully saturated rings. The highest BCUT2D eigenvalue weighted by Gasteiger charge is 2.19. The summed E-state index contributed by atoms with van der Waals surface area (Å²) in [6.45, 7) is 0. The van der Waals surface area contributed by atoms with Gasteiger partial charge in [-0.25, -0.2) is 0 Å². The van der Waals surface area contributed by atoms with Gasteiger partial charge < -0.3 is 9.90 Å². The van der Waals surface area contributed by atoms with Crippen molar-refractivity contribution in [3.05, 3.63) is 39.7 Å². The first-order valence-corrected chi connectivity index (χ1v) is 3.64. The van der Waals surface area contributed by atoms with Crippen molar-refractivity contribution < 1.29 is 19.2 Å².